The van der Waals surface area contributed by atoms with E-state index in [1.165, 1.54) is 0 Å². The summed E-state index contributed by atoms with van der Waals surface area (Å²) >= 11 is 6.15. The molecule has 0 aliphatic rings. The number of carbonyl (C=O) groups is 1. The summed E-state index contributed by atoms with van der Waals surface area (Å²) in [7, 11) is 1.83. The lowest BCUT2D eigenvalue weighted by atomic mass is 9.97. The summed E-state index contributed by atoms with van der Waals surface area (Å²) in [6.45, 7) is 4.72. The number of hydrogen-bond donors (Lipinski definition) is 1. The Morgan fingerprint density at radius 1 is 1.40 bits per heavy atom. The second-order valence-corrected chi connectivity index (χ2v) is 5.70. The molecule has 0 saturated carbocycles. The number of anilines is 1. The first-order chi connectivity index (χ1) is 9.49. The average Bonchev–Trinajstić information content (AvgIpc) is 2.43. The van der Waals surface area contributed by atoms with Crippen LogP contribution in [0.1, 0.15) is 45.1 Å². The Morgan fingerprint density at radius 2 is 2.10 bits per heavy atom. The predicted octanol–water partition coefficient (Wildman–Crippen LogP) is 4.10. The Kier molecular flexibility index (Phi) is 6.86. The van der Waals surface area contributed by atoms with Crippen LogP contribution in [0.25, 0.3) is 0 Å². The number of unbranched alkanes of at least 4 members (excludes halogenated alkanes) is 1. The molecule has 0 saturated heterocycles. The van der Waals surface area contributed by atoms with Crippen molar-refractivity contribution in [2.24, 2.45) is 5.92 Å². The predicted molar refractivity (Wildman–Crippen MR) is 85.6 cm³/mol. The fourth-order valence-corrected chi connectivity index (χ4v) is 2.49. The van der Waals surface area contributed by atoms with E-state index in [4.69, 9.17) is 17.3 Å². The van der Waals surface area contributed by atoms with Crippen LogP contribution in [0.2, 0.25) is 5.02 Å². The first kappa shape index (κ1) is 16.8. The standard InChI is InChI=1S/C16H25ClN2O/c1-4-6-7-12(5-2)16(20)19(3)11-13-10-14(18)8-9-15(13)17/h8-10,12H,4-7,11,18H2,1-3H3. The minimum atomic E-state index is 0.111. The monoisotopic (exact) mass is 296 g/mol. The van der Waals surface area contributed by atoms with E-state index in [1.54, 1.807) is 17.0 Å². The van der Waals surface area contributed by atoms with Gasteiger partial charge in [-0.3, -0.25) is 4.79 Å². The highest BCUT2D eigenvalue weighted by atomic mass is 35.5. The number of nitrogens with two attached hydrogens (primary N) is 1. The van der Waals surface area contributed by atoms with Crippen molar-refractivity contribution in [3.63, 3.8) is 0 Å². The van der Waals surface area contributed by atoms with E-state index in [-0.39, 0.29) is 11.8 Å². The normalized spacial score (nSPS) is 12.2. The van der Waals surface area contributed by atoms with Crippen LogP contribution in [0, 0.1) is 5.92 Å². The van der Waals surface area contributed by atoms with Gasteiger partial charge in [-0.15, -0.1) is 0 Å². The summed E-state index contributed by atoms with van der Waals surface area (Å²) in [6.07, 6.45) is 4.06. The van der Waals surface area contributed by atoms with Crippen molar-refractivity contribution < 1.29 is 4.79 Å². The number of benzene rings is 1. The summed E-state index contributed by atoms with van der Waals surface area (Å²) < 4.78 is 0. The minimum absolute atomic E-state index is 0.111. The van der Waals surface area contributed by atoms with Crippen molar-refractivity contribution >= 4 is 23.2 Å². The highest BCUT2D eigenvalue weighted by Crippen LogP contribution is 2.22. The quantitative estimate of drug-likeness (QED) is 0.770. The lowest BCUT2D eigenvalue weighted by molar-refractivity contribution is -0.135. The third-order valence-corrected chi connectivity index (χ3v) is 3.97. The summed E-state index contributed by atoms with van der Waals surface area (Å²) in [5, 5.41) is 0.653. The number of nitrogens with zero attached hydrogens (tertiary/aromatic N) is 1. The summed E-state index contributed by atoms with van der Waals surface area (Å²) in [5.41, 5.74) is 7.33. The first-order valence-corrected chi connectivity index (χ1v) is 7.66. The highest BCUT2D eigenvalue weighted by Gasteiger charge is 2.20. The zero-order chi connectivity index (χ0) is 15.1. The third-order valence-electron chi connectivity index (χ3n) is 3.60. The van der Waals surface area contributed by atoms with Crippen molar-refractivity contribution in [1.29, 1.82) is 0 Å². The van der Waals surface area contributed by atoms with Crippen LogP contribution in [-0.4, -0.2) is 17.9 Å². The molecule has 1 unspecified atom stereocenters. The molecule has 0 radical (unpaired) electrons. The molecular formula is C16H25ClN2O. The number of hydrogen-bond acceptors (Lipinski definition) is 2. The van der Waals surface area contributed by atoms with E-state index in [1.807, 2.05) is 13.1 Å². The van der Waals surface area contributed by atoms with E-state index < -0.39 is 0 Å². The molecule has 1 aromatic rings. The van der Waals surface area contributed by atoms with Gasteiger partial charge in [0.1, 0.15) is 0 Å². The second kappa shape index (κ2) is 8.15. The maximum Gasteiger partial charge on any atom is 0.225 e. The van der Waals surface area contributed by atoms with Crippen LogP contribution in [0.15, 0.2) is 18.2 Å². The maximum atomic E-state index is 12.4. The van der Waals surface area contributed by atoms with Crippen LogP contribution in [0.4, 0.5) is 5.69 Å². The van der Waals surface area contributed by atoms with Gasteiger partial charge in [-0.1, -0.05) is 38.3 Å². The largest absolute Gasteiger partial charge is 0.399 e. The minimum Gasteiger partial charge on any atom is -0.399 e. The molecule has 112 valence electrons. The van der Waals surface area contributed by atoms with Crippen LogP contribution >= 0.6 is 11.6 Å². The van der Waals surface area contributed by atoms with Crippen molar-refractivity contribution in [1.82, 2.24) is 4.90 Å². The Hall–Kier alpha value is -1.22. The number of halogens is 1. The zero-order valence-electron chi connectivity index (χ0n) is 12.7. The Bertz CT molecular complexity index is 448. The van der Waals surface area contributed by atoms with E-state index in [0.29, 0.717) is 17.3 Å². The van der Waals surface area contributed by atoms with Crippen LogP contribution in [-0.2, 0) is 11.3 Å². The van der Waals surface area contributed by atoms with E-state index >= 15 is 0 Å². The van der Waals surface area contributed by atoms with Crippen LogP contribution < -0.4 is 5.73 Å². The second-order valence-electron chi connectivity index (χ2n) is 5.29. The van der Waals surface area contributed by atoms with Gasteiger partial charge in [-0.25, -0.2) is 0 Å². The Labute approximate surface area is 127 Å². The number of nitrogen functional groups attached to an aromatic ring is 1. The number of carbonyl (C=O) groups excluding carboxylic acids is 1. The Morgan fingerprint density at radius 3 is 2.70 bits per heavy atom. The average molecular weight is 297 g/mol. The molecule has 0 aliphatic heterocycles. The van der Waals surface area contributed by atoms with Gasteiger partial charge in [0, 0.05) is 30.2 Å². The van der Waals surface area contributed by atoms with E-state index in [2.05, 4.69) is 13.8 Å². The number of amides is 1. The summed E-state index contributed by atoms with van der Waals surface area (Å²) in [4.78, 5) is 14.2. The molecule has 2 N–H and O–H groups in total. The highest BCUT2D eigenvalue weighted by molar-refractivity contribution is 6.31. The van der Waals surface area contributed by atoms with Gasteiger partial charge in [0.15, 0.2) is 0 Å². The smallest absolute Gasteiger partial charge is 0.225 e. The topological polar surface area (TPSA) is 46.3 Å². The molecule has 3 nitrogen and oxygen atoms in total. The fourth-order valence-electron chi connectivity index (χ4n) is 2.31. The van der Waals surface area contributed by atoms with Crippen molar-refractivity contribution in [2.45, 2.75) is 46.1 Å². The molecule has 0 aliphatic carbocycles. The van der Waals surface area contributed by atoms with Gasteiger partial charge >= 0.3 is 0 Å². The lowest BCUT2D eigenvalue weighted by Gasteiger charge is -2.23. The molecule has 1 atom stereocenters. The van der Waals surface area contributed by atoms with Gasteiger partial charge in [0.25, 0.3) is 0 Å². The van der Waals surface area contributed by atoms with E-state index in [9.17, 15) is 4.79 Å². The molecule has 20 heavy (non-hydrogen) atoms. The first-order valence-electron chi connectivity index (χ1n) is 7.28. The summed E-state index contributed by atoms with van der Waals surface area (Å²) in [6, 6.07) is 5.38. The molecule has 0 fully saturated rings. The number of rotatable bonds is 7. The fraction of sp³-hybridized carbons (Fsp3) is 0.562. The molecule has 0 aromatic heterocycles. The zero-order valence-corrected chi connectivity index (χ0v) is 13.4. The van der Waals surface area contributed by atoms with Crippen LogP contribution in [0.5, 0.6) is 0 Å². The Balaban J connectivity index is 2.71. The molecule has 0 spiro atoms. The van der Waals surface area contributed by atoms with E-state index in [0.717, 1.165) is 31.2 Å². The molecule has 1 amide bonds. The summed E-state index contributed by atoms with van der Waals surface area (Å²) in [5.74, 6) is 0.305. The third kappa shape index (κ3) is 4.71. The van der Waals surface area contributed by atoms with Gasteiger partial charge in [0.2, 0.25) is 5.91 Å². The molecule has 4 heteroatoms. The molecule has 1 aromatic carbocycles. The SMILES string of the molecule is CCCCC(CC)C(=O)N(C)Cc1cc(N)ccc1Cl. The van der Waals surface area contributed by atoms with Gasteiger partial charge in [0.05, 0.1) is 0 Å². The molecule has 1 rings (SSSR count). The van der Waals surface area contributed by atoms with Crippen LogP contribution in [0.3, 0.4) is 0 Å². The molecule has 0 bridgehead atoms. The van der Waals surface area contributed by atoms with Gasteiger partial charge in [-0.05, 0) is 36.6 Å². The van der Waals surface area contributed by atoms with Gasteiger partial charge < -0.3 is 10.6 Å². The molecule has 0 heterocycles. The lowest BCUT2D eigenvalue weighted by Crippen LogP contribution is -2.32. The van der Waals surface area contributed by atoms with Gasteiger partial charge in [-0.2, -0.15) is 0 Å². The van der Waals surface area contributed by atoms with Crippen molar-refractivity contribution in [3.05, 3.63) is 28.8 Å². The maximum absolute atomic E-state index is 12.4. The molecular weight excluding hydrogens is 272 g/mol. The van der Waals surface area contributed by atoms with Crippen molar-refractivity contribution in [3.8, 4) is 0 Å². The van der Waals surface area contributed by atoms with Crippen molar-refractivity contribution in [2.75, 3.05) is 12.8 Å².